The maximum absolute atomic E-state index is 8.54. The van der Waals surface area contributed by atoms with Gasteiger partial charge in [-0.15, -0.1) is 0 Å². The van der Waals surface area contributed by atoms with Crippen LogP contribution in [0.1, 0.15) is 0 Å². The molecule has 0 saturated heterocycles. The summed E-state index contributed by atoms with van der Waals surface area (Å²) < 4.78 is 0. The minimum atomic E-state index is -0.903. The smallest absolute Gasteiger partial charge is 0.170 e. The lowest BCUT2D eigenvalue weighted by Crippen LogP contribution is -2.30. The fourth-order valence-electron chi connectivity index (χ4n) is 0.354. The molecule has 0 fully saturated rings. The van der Waals surface area contributed by atoms with Crippen molar-refractivity contribution in [3.05, 3.63) is 0 Å². The molecule has 2 unspecified atom stereocenters. The van der Waals surface area contributed by atoms with Gasteiger partial charge in [-0.05, 0) is 0 Å². The van der Waals surface area contributed by atoms with Gasteiger partial charge in [0.05, 0.1) is 6.21 Å². The van der Waals surface area contributed by atoms with E-state index >= 15 is 0 Å². The quantitative estimate of drug-likeness (QED) is 0.340. The largest absolute Gasteiger partial charge is 0.383 e. The molecule has 7 heavy (non-hydrogen) atoms. The van der Waals surface area contributed by atoms with Gasteiger partial charge in [0.15, 0.2) is 6.23 Å². The summed E-state index contributed by atoms with van der Waals surface area (Å²) in [7, 11) is 0. The van der Waals surface area contributed by atoms with E-state index in [0.717, 1.165) is 0 Å². The number of aliphatic hydroxyl groups is 2. The lowest BCUT2D eigenvalue weighted by atomic mass is 10.4. The SMILES string of the molecule is OC1C=NNC1O. The van der Waals surface area contributed by atoms with Gasteiger partial charge in [0, 0.05) is 0 Å². The molecule has 4 heteroatoms. The Kier molecular flexibility index (Phi) is 0.958. The molecule has 1 rings (SSSR count). The van der Waals surface area contributed by atoms with Crippen molar-refractivity contribution in [2.24, 2.45) is 5.10 Å². The molecule has 0 amide bonds. The molecule has 0 saturated carbocycles. The Morgan fingerprint density at radius 3 is 2.43 bits per heavy atom. The lowest BCUT2D eigenvalue weighted by molar-refractivity contribution is 0.0519. The van der Waals surface area contributed by atoms with Crippen molar-refractivity contribution in [2.75, 3.05) is 0 Å². The summed E-state index contributed by atoms with van der Waals surface area (Å²) in [6.07, 6.45) is -0.495. The molecule has 1 heterocycles. The van der Waals surface area contributed by atoms with Crippen LogP contribution in [0.25, 0.3) is 0 Å². The van der Waals surface area contributed by atoms with Crippen LogP contribution in [0.15, 0.2) is 5.10 Å². The second kappa shape index (κ2) is 1.48. The summed E-state index contributed by atoms with van der Waals surface area (Å²) >= 11 is 0. The van der Waals surface area contributed by atoms with Gasteiger partial charge >= 0.3 is 0 Å². The summed E-state index contributed by atoms with van der Waals surface area (Å²) in [5.74, 6) is 0. The highest BCUT2D eigenvalue weighted by atomic mass is 16.3. The van der Waals surface area contributed by atoms with E-state index in [0.29, 0.717) is 0 Å². The molecular weight excluding hydrogens is 96.0 g/mol. The standard InChI is InChI=1S/C3H6N2O2/c6-2-1-4-5-3(2)7/h1-3,5-7H. The highest BCUT2D eigenvalue weighted by Crippen LogP contribution is 1.90. The first kappa shape index (κ1) is 4.55. The fraction of sp³-hybridized carbons (Fsp3) is 0.667. The lowest BCUT2D eigenvalue weighted by Gasteiger charge is -2.02. The Morgan fingerprint density at radius 2 is 2.29 bits per heavy atom. The van der Waals surface area contributed by atoms with Crippen LogP contribution in [0.5, 0.6) is 0 Å². The average Bonchev–Trinajstić information content (AvgIpc) is 1.91. The second-order valence-corrected chi connectivity index (χ2v) is 1.34. The Balaban J connectivity index is 2.45. The zero-order valence-electron chi connectivity index (χ0n) is 3.57. The number of aliphatic hydroxyl groups excluding tert-OH is 2. The van der Waals surface area contributed by atoms with E-state index in [2.05, 4.69) is 10.5 Å². The minimum absolute atomic E-state index is 0.833. The fourth-order valence-corrected chi connectivity index (χ4v) is 0.354. The van der Waals surface area contributed by atoms with Gasteiger partial charge in [0.2, 0.25) is 0 Å². The molecule has 0 aromatic carbocycles. The molecule has 0 aromatic heterocycles. The van der Waals surface area contributed by atoms with Crippen molar-refractivity contribution in [1.82, 2.24) is 5.43 Å². The number of hydrogen-bond acceptors (Lipinski definition) is 4. The molecule has 0 bridgehead atoms. The van der Waals surface area contributed by atoms with Gasteiger partial charge in [-0.25, -0.2) is 0 Å². The first-order chi connectivity index (χ1) is 3.30. The van der Waals surface area contributed by atoms with E-state index < -0.39 is 12.3 Å². The Hall–Kier alpha value is -0.610. The molecule has 4 nitrogen and oxygen atoms in total. The third-order valence-corrected chi connectivity index (χ3v) is 0.758. The molecule has 40 valence electrons. The number of nitrogens with one attached hydrogen (secondary N) is 1. The molecule has 2 atom stereocenters. The average molecular weight is 102 g/mol. The molecule has 0 radical (unpaired) electrons. The van der Waals surface area contributed by atoms with Crippen molar-refractivity contribution in [1.29, 1.82) is 0 Å². The predicted molar refractivity (Wildman–Crippen MR) is 23.6 cm³/mol. The van der Waals surface area contributed by atoms with Crippen molar-refractivity contribution in [3.63, 3.8) is 0 Å². The Labute approximate surface area is 40.5 Å². The van der Waals surface area contributed by atoms with Crippen molar-refractivity contribution in [2.45, 2.75) is 12.3 Å². The molecule has 1 aliphatic rings. The summed E-state index contributed by atoms with van der Waals surface area (Å²) in [4.78, 5) is 0. The van der Waals surface area contributed by atoms with Crippen molar-refractivity contribution in [3.8, 4) is 0 Å². The first-order valence-electron chi connectivity index (χ1n) is 1.95. The van der Waals surface area contributed by atoms with E-state index in [1.54, 1.807) is 0 Å². The van der Waals surface area contributed by atoms with Crippen molar-refractivity contribution >= 4 is 6.21 Å². The molecule has 0 aliphatic carbocycles. The maximum Gasteiger partial charge on any atom is 0.170 e. The number of nitrogens with zero attached hydrogens (tertiary/aromatic N) is 1. The molecule has 3 N–H and O–H groups in total. The summed E-state index contributed by atoms with van der Waals surface area (Å²) in [6.45, 7) is 0. The zero-order chi connectivity index (χ0) is 5.28. The summed E-state index contributed by atoms with van der Waals surface area (Å²) in [5.41, 5.74) is 2.24. The Morgan fingerprint density at radius 1 is 1.57 bits per heavy atom. The van der Waals surface area contributed by atoms with Crippen LogP contribution < -0.4 is 5.43 Å². The van der Waals surface area contributed by atoms with Crippen LogP contribution in [-0.2, 0) is 0 Å². The van der Waals surface area contributed by atoms with Gasteiger partial charge in [-0.2, -0.15) is 5.10 Å². The monoisotopic (exact) mass is 102 g/mol. The highest BCUT2D eigenvalue weighted by molar-refractivity contribution is 5.64. The molecule has 1 aliphatic heterocycles. The topological polar surface area (TPSA) is 64.9 Å². The van der Waals surface area contributed by atoms with Gasteiger partial charge in [-0.1, -0.05) is 0 Å². The minimum Gasteiger partial charge on any atom is -0.383 e. The van der Waals surface area contributed by atoms with Crippen LogP contribution >= 0.6 is 0 Å². The van der Waals surface area contributed by atoms with Gasteiger partial charge in [0.1, 0.15) is 6.10 Å². The zero-order valence-corrected chi connectivity index (χ0v) is 3.57. The summed E-state index contributed by atoms with van der Waals surface area (Å²) in [5, 5.41) is 20.4. The first-order valence-corrected chi connectivity index (χ1v) is 1.95. The number of hydrogen-bond donors (Lipinski definition) is 3. The van der Waals surface area contributed by atoms with Crippen molar-refractivity contribution < 1.29 is 10.2 Å². The van der Waals surface area contributed by atoms with Gasteiger partial charge < -0.3 is 10.2 Å². The number of rotatable bonds is 0. The Bertz CT molecular complexity index is 92.9. The third-order valence-electron chi connectivity index (χ3n) is 0.758. The van der Waals surface area contributed by atoms with Crippen LogP contribution in [0.3, 0.4) is 0 Å². The molecule has 0 spiro atoms. The molecular formula is C3H6N2O2. The van der Waals surface area contributed by atoms with Gasteiger partial charge in [-0.3, -0.25) is 5.43 Å². The van der Waals surface area contributed by atoms with Crippen LogP contribution in [-0.4, -0.2) is 28.8 Å². The molecule has 0 aromatic rings. The highest BCUT2D eigenvalue weighted by Gasteiger charge is 2.16. The van der Waals surface area contributed by atoms with E-state index in [-0.39, 0.29) is 0 Å². The van der Waals surface area contributed by atoms with E-state index in [9.17, 15) is 0 Å². The normalized spacial score (nSPS) is 38.6. The van der Waals surface area contributed by atoms with E-state index in [1.807, 2.05) is 0 Å². The second-order valence-electron chi connectivity index (χ2n) is 1.34. The summed E-state index contributed by atoms with van der Waals surface area (Å²) in [6, 6.07) is 0. The third kappa shape index (κ3) is 0.703. The van der Waals surface area contributed by atoms with E-state index in [4.69, 9.17) is 10.2 Å². The van der Waals surface area contributed by atoms with Crippen LogP contribution in [0.2, 0.25) is 0 Å². The van der Waals surface area contributed by atoms with Gasteiger partial charge in [0.25, 0.3) is 0 Å². The van der Waals surface area contributed by atoms with Crippen LogP contribution in [0, 0.1) is 0 Å². The maximum atomic E-state index is 8.54. The predicted octanol–water partition coefficient (Wildman–Crippen LogP) is -1.75. The van der Waals surface area contributed by atoms with E-state index in [1.165, 1.54) is 6.21 Å². The number of hydrazone groups is 1. The van der Waals surface area contributed by atoms with Crippen LogP contribution in [0.4, 0.5) is 0 Å².